The van der Waals surface area contributed by atoms with Crippen LogP contribution in [0.5, 0.6) is 5.75 Å². The molecule has 0 N–H and O–H groups in total. The maximum absolute atomic E-state index is 6.17. The molecule has 3 aromatic carbocycles. The van der Waals surface area contributed by atoms with Crippen LogP contribution in [0.2, 0.25) is 5.02 Å². The van der Waals surface area contributed by atoms with Crippen LogP contribution in [0.15, 0.2) is 77.8 Å². The standard InChI is InChI=1S/C27H25ClN2OS2/c1-27(2,3)33-25-16-30(15-18-8-10-19(28)11-9-18)23-13-12-20(14-21(23)25)31-17-26-29-22-6-4-5-7-24(22)32-26/h4-14,16H,15,17H2,1-3H3. The number of hydrogen-bond acceptors (Lipinski definition) is 4. The lowest BCUT2D eigenvalue weighted by Crippen LogP contribution is -2.06. The van der Waals surface area contributed by atoms with Gasteiger partial charge in [-0.3, -0.25) is 0 Å². The second-order valence-corrected chi connectivity index (χ2v) is 12.4. The van der Waals surface area contributed by atoms with Crippen molar-refractivity contribution in [3.8, 4) is 5.75 Å². The first-order chi connectivity index (χ1) is 15.8. The Bertz CT molecular complexity index is 1380. The van der Waals surface area contributed by atoms with Crippen LogP contribution in [0.3, 0.4) is 0 Å². The number of rotatable bonds is 6. The summed E-state index contributed by atoms with van der Waals surface area (Å²) in [5.74, 6) is 0.863. The van der Waals surface area contributed by atoms with Crippen molar-refractivity contribution < 1.29 is 4.74 Å². The van der Waals surface area contributed by atoms with E-state index in [0.29, 0.717) is 6.61 Å². The van der Waals surface area contributed by atoms with Gasteiger partial charge >= 0.3 is 0 Å². The van der Waals surface area contributed by atoms with Gasteiger partial charge in [0.05, 0.1) is 10.2 Å². The van der Waals surface area contributed by atoms with Gasteiger partial charge in [0.1, 0.15) is 17.4 Å². The zero-order chi connectivity index (χ0) is 23.0. The Labute approximate surface area is 207 Å². The largest absolute Gasteiger partial charge is 0.486 e. The lowest BCUT2D eigenvalue weighted by Gasteiger charge is -2.16. The first-order valence-electron chi connectivity index (χ1n) is 10.9. The zero-order valence-electron chi connectivity index (χ0n) is 18.8. The van der Waals surface area contributed by atoms with Crippen LogP contribution in [0.1, 0.15) is 31.3 Å². The fourth-order valence-electron chi connectivity index (χ4n) is 3.79. The number of benzene rings is 3. The molecule has 3 nitrogen and oxygen atoms in total. The highest BCUT2D eigenvalue weighted by molar-refractivity contribution is 8.00. The fraction of sp³-hybridized carbons (Fsp3) is 0.222. The van der Waals surface area contributed by atoms with Crippen LogP contribution < -0.4 is 4.74 Å². The number of ether oxygens (including phenoxy) is 1. The Kier molecular flexibility index (Phi) is 6.12. The minimum Gasteiger partial charge on any atom is -0.486 e. The molecule has 0 fully saturated rings. The number of halogens is 1. The van der Waals surface area contributed by atoms with Gasteiger partial charge in [-0.25, -0.2) is 4.98 Å². The van der Waals surface area contributed by atoms with Crippen LogP contribution in [0.25, 0.3) is 21.1 Å². The third-order valence-electron chi connectivity index (χ3n) is 5.20. The number of fused-ring (bicyclic) bond motifs is 2. The van der Waals surface area contributed by atoms with Crippen molar-refractivity contribution in [3.05, 3.63) is 88.5 Å². The number of hydrogen-bond donors (Lipinski definition) is 0. The highest BCUT2D eigenvalue weighted by atomic mass is 35.5. The predicted octanol–water partition coefficient (Wildman–Crippen LogP) is 8.42. The lowest BCUT2D eigenvalue weighted by molar-refractivity contribution is 0.306. The second kappa shape index (κ2) is 9.05. The quantitative estimate of drug-likeness (QED) is 0.222. The molecule has 33 heavy (non-hydrogen) atoms. The van der Waals surface area contributed by atoms with Crippen molar-refractivity contribution in [1.82, 2.24) is 9.55 Å². The van der Waals surface area contributed by atoms with E-state index in [9.17, 15) is 0 Å². The summed E-state index contributed by atoms with van der Waals surface area (Å²) in [6.07, 6.45) is 2.26. The lowest BCUT2D eigenvalue weighted by atomic mass is 10.2. The molecular weight excluding hydrogens is 468 g/mol. The molecular formula is C27H25ClN2OS2. The highest BCUT2D eigenvalue weighted by Gasteiger charge is 2.18. The summed E-state index contributed by atoms with van der Waals surface area (Å²) in [4.78, 5) is 5.95. The van der Waals surface area contributed by atoms with E-state index in [-0.39, 0.29) is 4.75 Å². The Morgan fingerprint density at radius 3 is 2.58 bits per heavy atom. The summed E-state index contributed by atoms with van der Waals surface area (Å²) in [7, 11) is 0. The molecule has 0 atom stereocenters. The van der Waals surface area contributed by atoms with Crippen molar-refractivity contribution in [2.45, 2.75) is 43.6 Å². The summed E-state index contributed by atoms with van der Waals surface area (Å²) >= 11 is 9.64. The highest BCUT2D eigenvalue weighted by Crippen LogP contribution is 2.39. The smallest absolute Gasteiger partial charge is 0.140 e. The maximum atomic E-state index is 6.17. The van der Waals surface area contributed by atoms with E-state index in [4.69, 9.17) is 16.3 Å². The summed E-state index contributed by atoms with van der Waals surface area (Å²) < 4.78 is 9.78. The molecule has 0 unspecified atom stereocenters. The normalized spacial score (nSPS) is 12.0. The molecule has 0 amide bonds. The zero-order valence-corrected chi connectivity index (χ0v) is 21.2. The average Bonchev–Trinajstić information content (AvgIpc) is 3.34. The first kappa shape index (κ1) is 22.3. The van der Waals surface area contributed by atoms with Crippen molar-refractivity contribution >= 4 is 55.8 Å². The van der Waals surface area contributed by atoms with Gasteiger partial charge in [0.2, 0.25) is 0 Å². The maximum Gasteiger partial charge on any atom is 0.140 e. The van der Waals surface area contributed by atoms with Gasteiger partial charge in [-0.15, -0.1) is 23.1 Å². The summed E-state index contributed by atoms with van der Waals surface area (Å²) in [6.45, 7) is 8.00. The number of nitrogens with zero attached hydrogens (tertiary/aromatic N) is 2. The molecule has 0 saturated carbocycles. The topological polar surface area (TPSA) is 27.1 Å². The Morgan fingerprint density at radius 1 is 1.03 bits per heavy atom. The Morgan fingerprint density at radius 2 is 1.82 bits per heavy atom. The van der Waals surface area contributed by atoms with E-state index in [1.807, 2.05) is 42.1 Å². The van der Waals surface area contributed by atoms with Crippen molar-refractivity contribution in [2.24, 2.45) is 0 Å². The second-order valence-electron chi connectivity index (χ2n) is 9.01. The molecule has 2 aromatic heterocycles. The number of thiazole rings is 1. The van der Waals surface area contributed by atoms with Crippen LogP contribution in [0.4, 0.5) is 0 Å². The van der Waals surface area contributed by atoms with E-state index >= 15 is 0 Å². The molecule has 5 rings (SSSR count). The van der Waals surface area contributed by atoms with Crippen molar-refractivity contribution in [2.75, 3.05) is 0 Å². The fourth-order valence-corrected chi connectivity index (χ4v) is 5.91. The molecule has 6 heteroatoms. The number of para-hydroxylation sites is 1. The van der Waals surface area contributed by atoms with E-state index in [1.165, 1.54) is 26.1 Å². The van der Waals surface area contributed by atoms with Gasteiger partial charge < -0.3 is 9.30 Å². The number of aromatic nitrogens is 2. The van der Waals surface area contributed by atoms with Crippen molar-refractivity contribution in [1.29, 1.82) is 0 Å². The van der Waals surface area contributed by atoms with Gasteiger partial charge in [-0.05, 0) is 48.0 Å². The van der Waals surface area contributed by atoms with E-state index in [1.54, 1.807) is 11.3 Å². The third kappa shape index (κ3) is 5.21. The molecule has 0 bridgehead atoms. The Balaban J connectivity index is 1.44. The van der Waals surface area contributed by atoms with Gasteiger partial charge in [0.25, 0.3) is 0 Å². The molecule has 5 aromatic rings. The minimum absolute atomic E-state index is 0.108. The molecule has 0 aliphatic rings. The first-order valence-corrected chi connectivity index (χ1v) is 12.9. The average molecular weight is 493 g/mol. The molecule has 168 valence electrons. The van der Waals surface area contributed by atoms with E-state index < -0.39 is 0 Å². The van der Waals surface area contributed by atoms with Crippen molar-refractivity contribution in [3.63, 3.8) is 0 Å². The van der Waals surface area contributed by atoms with Crippen LogP contribution >= 0.6 is 34.7 Å². The monoisotopic (exact) mass is 492 g/mol. The third-order valence-corrected chi connectivity index (χ3v) is 7.62. The van der Waals surface area contributed by atoms with Gasteiger partial charge in [0.15, 0.2) is 0 Å². The van der Waals surface area contributed by atoms with Crippen LogP contribution in [-0.2, 0) is 13.2 Å². The van der Waals surface area contributed by atoms with Gasteiger partial charge in [0, 0.05) is 38.3 Å². The summed E-state index contributed by atoms with van der Waals surface area (Å²) in [6, 6.07) is 22.6. The molecule has 0 aliphatic carbocycles. The molecule has 0 radical (unpaired) electrons. The van der Waals surface area contributed by atoms with Gasteiger partial charge in [-0.1, -0.05) is 56.6 Å². The summed E-state index contributed by atoms with van der Waals surface area (Å²) in [5.41, 5.74) is 3.45. The predicted molar refractivity (Wildman–Crippen MR) is 142 cm³/mol. The summed E-state index contributed by atoms with van der Waals surface area (Å²) in [5, 5.41) is 2.96. The SMILES string of the molecule is CC(C)(C)Sc1cn(Cc2ccc(Cl)cc2)c2ccc(OCc3nc4ccccc4s3)cc12. The molecule has 0 spiro atoms. The van der Waals surface area contributed by atoms with Crippen LogP contribution in [-0.4, -0.2) is 14.3 Å². The van der Waals surface area contributed by atoms with E-state index in [2.05, 4.69) is 72.9 Å². The van der Waals surface area contributed by atoms with Crippen LogP contribution in [0, 0.1) is 0 Å². The van der Waals surface area contributed by atoms with Gasteiger partial charge in [-0.2, -0.15) is 0 Å². The Hall–Kier alpha value is -2.47. The molecule has 2 heterocycles. The molecule has 0 aliphatic heterocycles. The minimum atomic E-state index is 0.108. The van der Waals surface area contributed by atoms with E-state index in [0.717, 1.165) is 27.8 Å². The molecule has 0 saturated heterocycles. The number of thioether (sulfide) groups is 1.